The first-order valence-corrected chi connectivity index (χ1v) is 10.0. The normalized spacial score (nSPS) is 16.7. The largest absolute Gasteiger partial charge is 0.368 e. The lowest BCUT2D eigenvalue weighted by molar-refractivity contribution is 0.0664. The SMILES string of the molecule is CC(C)Cc1cc(C(=O)N2CCCC(CNC(=O)c3ccccn3)C2)nc(N)n1. The average Bonchev–Trinajstić information content (AvgIpc) is 2.71. The number of rotatable bonds is 6. The zero-order valence-corrected chi connectivity index (χ0v) is 17.0. The third-order valence-corrected chi connectivity index (χ3v) is 4.89. The van der Waals surface area contributed by atoms with Gasteiger partial charge in [0.05, 0.1) is 0 Å². The van der Waals surface area contributed by atoms with E-state index in [1.54, 1.807) is 35.4 Å². The van der Waals surface area contributed by atoms with Gasteiger partial charge in [-0.25, -0.2) is 9.97 Å². The first-order chi connectivity index (χ1) is 13.9. The van der Waals surface area contributed by atoms with Gasteiger partial charge in [-0.05, 0) is 49.3 Å². The molecule has 2 aromatic rings. The van der Waals surface area contributed by atoms with Gasteiger partial charge in [0.15, 0.2) is 0 Å². The van der Waals surface area contributed by atoms with E-state index in [-0.39, 0.29) is 23.7 Å². The molecule has 0 spiro atoms. The quantitative estimate of drug-likeness (QED) is 0.771. The number of nitrogens with two attached hydrogens (primary N) is 1. The van der Waals surface area contributed by atoms with E-state index < -0.39 is 0 Å². The molecule has 3 rings (SSSR count). The molecule has 154 valence electrons. The molecule has 29 heavy (non-hydrogen) atoms. The number of pyridine rings is 1. The third kappa shape index (κ3) is 5.73. The number of piperidine rings is 1. The van der Waals surface area contributed by atoms with Gasteiger partial charge in [-0.3, -0.25) is 14.6 Å². The fourth-order valence-corrected chi connectivity index (χ4v) is 3.55. The number of nitrogens with one attached hydrogen (secondary N) is 1. The lowest BCUT2D eigenvalue weighted by Crippen LogP contribution is -2.44. The van der Waals surface area contributed by atoms with Gasteiger partial charge in [-0.15, -0.1) is 0 Å². The van der Waals surface area contributed by atoms with Crippen LogP contribution >= 0.6 is 0 Å². The molecule has 1 fully saturated rings. The maximum atomic E-state index is 13.0. The second-order valence-corrected chi connectivity index (χ2v) is 7.89. The minimum Gasteiger partial charge on any atom is -0.368 e. The number of nitrogens with zero attached hydrogens (tertiary/aromatic N) is 4. The van der Waals surface area contributed by atoms with Gasteiger partial charge in [0, 0.05) is 31.5 Å². The van der Waals surface area contributed by atoms with Crippen LogP contribution in [-0.2, 0) is 6.42 Å². The highest BCUT2D eigenvalue weighted by Crippen LogP contribution is 2.19. The van der Waals surface area contributed by atoms with E-state index in [0.717, 1.165) is 25.0 Å². The molecule has 1 unspecified atom stereocenters. The number of aromatic nitrogens is 3. The smallest absolute Gasteiger partial charge is 0.272 e. The van der Waals surface area contributed by atoms with Crippen LogP contribution in [0.4, 0.5) is 5.95 Å². The predicted octanol–water partition coefficient (Wildman–Crippen LogP) is 1.93. The fourth-order valence-electron chi connectivity index (χ4n) is 3.55. The molecule has 1 aliphatic rings. The Morgan fingerprint density at radius 2 is 2.10 bits per heavy atom. The van der Waals surface area contributed by atoms with Crippen molar-refractivity contribution in [3.8, 4) is 0 Å². The molecule has 2 aromatic heterocycles. The molecule has 2 amide bonds. The molecule has 8 nitrogen and oxygen atoms in total. The molecule has 3 heterocycles. The van der Waals surface area contributed by atoms with Crippen LogP contribution < -0.4 is 11.1 Å². The monoisotopic (exact) mass is 396 g/mol. The van der Waals surface area contributed by atoms with Crippen molar-refractivity contribution in [2.45, 2.75) is 33.1 Å². The number of anilines is 1. The Kier molecular flexibility index (Phi) is 6.74. The molecule has 1 aliphatic heterocycles. The van der Waals surface area contributed by atoms with Crippen molar-refractivity contribution >= 4 is 17.8 Å². The first-order valence-electron chi connectivity index (χ1n) is 10.0. The number of nitrogen functional groups attached to an aromatic ring is 1. The van der Waals surface area contributed by atoms with Gasteiger partial charge < -0.3 is 16.0 Å². The summed E-state index contributed by atoms with van der Waals surface area (Å²) in [5, 5.41) is 2.92. The molecule has 3 N–H and O–H groups in total. The van der Waals surface area contributed by atoms with Crippen molar-refractivity contribution in [3.05, 3.63) is 47.5 Å². The molecule has 8 heteroatoms. The predicted molar refractivity (Wildman–Crippen MR) is 110 cm³/mol. The highest BCUT2D eigenvalue weighted by atomic mass is 16.2. The van der Waals surface area contributed by atoms with Crippen LogP contribution in [0.5, 0.6) is 0 Å². The van der Waals surface area contributed by atoms with E-state index in [9.17, 15) is 9.59 Å². The Morgan fingerprint density at radius 3 is 2.83 bits per heavy atom. The summed E-state index contributed by atoms with van der Waals surface area (Å²) in [5.41, 5.74) is 7.34. The summed E-state index contributed by atoms with van der Waals surface area (Å²) in [5.74, 6) is 0.396. The Labute approximate surface area is 170 Å². The van der Waals surface area contributed by atoms with E-state index in [1.807, 2.05) is 0 Å². The molecule has 0 radical (unpaired) electrons. The van der Waals surface area contributed by atoms with Gasteiger partial charge in [0.25, 0.3) is 11.8 Å². The van der Waals surface area contributed by atoms with Gasteiger partial charge in [0.1, 0.15) is 11.4 Å². The summed E-state index contributed by atoms with van der Waals surface area (Å²) < 4.78 is 0. The maximum absolute atomic E-state index is 13.0. The summed E-state index contributed by atoms with van der Waals surface area (Å²) in [7, 11) is 0. The van der Waals surface area contributed by atoms with E-state index >= 15 is 0 Å². The van der Waals surface area contributed by atoms with Crippen LogP contribution in [0.15, 0.2) is 30.5 Å². The van der Waals surface area contributed by atoms with Crippen molar-refractivity contribution < 1.29 is 9.59 Å². The number of hydrogen-bond donors (Lipinski definition) is 2. The zero-order valence-electron chi connectivity index (χ0n) is 17.0. The topological polar surface area (TPSA) is 114 Å². The average molecular weight is 396 g/mol. The minimum atomic E-state index is -0.198. The van der Waals surface area contributed by atoms with E-state index in [0.29, 0.717) is 36.9 Å². The van der Waals surface area contributed by atoms with Crippen molar-refractivity contribution in [1.29, 1.82) is 0 Å². The molecule has 0 bridgehead atoms. The molecule has 0 aromatic carbocycles. The van der Waals surface area contributed by atoms with Crippen molar-refractivity contribution in [2.24, 2.45) is 11.8 Å². The number of carbonyl (C=O) groups is 2. The van der Waals surface area contributed by atoms with E-state index in [4.69, 9.17) is 5.73 Å². The molecule has 0 saturated carbocycles. The van der Waals surface area contributed by atoms with Crippen molar-refractivity contribution in [2.75, 3.05) is 25.4 Å². The summed E-state index contributed by atoms with van der Waals surface area (Å²) in [4.78, 5) is 39.4. The van der Waals surface area contributed by atoms with Gasteiger partial charge in [0.2, 0.25) is 5.95 Å². The van der Waals surface area contributed by atoms with E-state index in [1.165, 1.54) is 0 Å². The van der Waals surface area contributed by atoms with Crippen molar-refractivity contribution in [3.63, 3.8) is 0 Å². The standard InChI is InChI=1S/C21H28N6O2/c1-14(2)10-16-11-18(26-21(22)25-16)20(29)27-9-5-6-15(13-27)12-24-19(28)17-7-3-4-8-23-17/h3-4,7-8,11,14-15H,5-6,9-10,12-13H2,1-2H3,(H,24,28)(H2,22,25,26). The van der Waals surface area contributed by atoms with Crippen LogP contribution in [0, 0.1) is 11.8 Å². The number of amides is 2. The summed E-state index contributed by atoms with van der Waals surface area (Å²) >= 11 is 0. The maximum Gasteiger partial charge on any atom is 0.272 e. The van der Waals surface area contributed by atoms with Crippen molar-refractivity contribution in [1.82, 2.24) is 25.2 Å². The first kappa shape index (κ1) is 20.7. The third-order valence-electron chi connectivity index (χ3n) is 4.89. The van der Waals surface area contributed by atoms with Gasteiger partial charge in [-0.1, -0.05) is 19.9 Å². The fraction of sp³-hybridized carbons (Fsp3) is 0.476. The Balaban J connectivity index is 1.61. The Bertz CT molecular complexity index is 856. The molecular formula is C21H28N6O2. The molecular weight excluding hydrogens is 368 g/mol. The summed E-state index contributed by atoms with van der Waals surface area (Å²) in [6.45, 7) is 5.93. The van der Waals surface area contributed by atoms with Crippen LogP contribution in [0.25, 0.3) is 0 Å². The summed E-state index contributed by atoms with van der Waals surface area (Å²) in [6.07, 6.45) is 4.18. The summed E-state index contributed by atoms with van der Waals surface area (Å²) in [6, 6.07) is 6.98. The number of carbonyl (C=O) groups excluding carboxylic acids is 2. The molecule has 1 saturated heterocycles. The Hall–Kier alpha value is -3.03. The van der Waals surface area contributed by atoms with Gasteiger partial charge >= 0.3 is 0 Å². The van der Waals surface area contributed by atoms with Crippen LogP contribution in [0.1, 0.15) is 53.4 Å². The second kappa shape index (κ2) is 9.45. The highest BCUT2D eigenvalue weighted by Gasteiger charge is 2.26. The lowest BCUT2D eigenvalue weighted by Gasteiger charge is -2.32. The molecule has 1 atom stereocenters. The zero-order chi connectivity index (χ0) is 20.8. The minimum absolute atomic E-state index is 0.127. The van der Waals surface area contributed by atoms with E-state index in [2.05, 4.69) is 34.1 Å². The second-order valence-electron chi connectivity index (χ2n) is 7.89. The number of hydrogen-bond acceptors (Lipinski definition) is 6. The van der Waals surface area contributed by atoms with Gasteiger partial charge in [-0.2, -0.15) is 0 Å². The van der Waals surface area contributed by atoms with Crippen LogP contribution in [0.3, 0.4) is 0 Å². The highest BCUT2D eigenvalue weighted by molar-refractivity contribution is 5.93. The van der Waals surface area contributed by atoms with Crippen LogP contribution in [0.2, 0.25) is 0 Å². The number of likely N-dealkylation sites (tertiary alicyclic amines) is 1. The lowest BCUT2D eigenvalue weighted by atomic mass is 9.97. The Morgan fingerprint density at radius 1 is 1.28 bits per heavy atom. The molecule has 0 aliphatic carbocycles. The van der Waals surface area contributed by atoms with Crippen LogP contribution in [-0.4, -0.2) is 51.3 Å².